The van der Waals surface area contributed by atoms with E-state index in [0.717, 1.165) is 13.0 Å². The minimum Gasteiger partial charge on any atom is -0.481 e. The van der Waals surface area contributed by atoms with Crippen LogP contribution < -0.4 is 5.32 Å². The molecule has 0 heterocycles. The summed E-state index contributed by atoms with van der Waals surface area (Å²) in [6.45, 7) is 5.65. The van der Waals surface area contributed by atoms with E-state index in [1.54, 1.807) is 0 Å². The molecule has 0 saturated carbocycles. The summed E-state index contributed by atoms with van der Waals surface area (Å²) < 4.78 is 0. The maximum Gasteiger partial charge on any atom is 0.303 e. The minimum absolute atomic E-state index is 0.0347. The Morgan fingerprint density at radius 2 is 2.00 bits per heavy atom. The highest BCUT2D eigenvalue weighted by Crippen LogP contribution is 1.98. The summed E-state index contributed by atoms with van der Waals surface area (Å²) in [5, 5.41) is 20.8. The van der Waals surface area contributed by atoms with E-state index >= 15 is 0 Å². The molecular formula is C10H21NO3. The summed E-state index contributed by atoms with van der Waals surface area (Å²) in [5.74, 6) is -0.204. The first kappa shape index (κ1) is 13.4. The molecule has 14 heavy (non-hydrogen) atoms. The van der Waals surface area contributed by atoms with Gasteiger partial charge >= 0.3 is 5.97 Å². The molecule has 0 rings (SSSR count). The molecule has 0 radical (unpaired) electrons. The Labute approximate surface area is 85.3 Å². The Bertz CT molecular complexity index is 159. The number of carbonyl (C=O) groups is 1. The molecule has 0 aromatic heterocycles. The van der Waals surface area contributed by atoms with Crippen molar-refractivity contribution in [3.8, 4) is 0 Å². The zero-order valence-corrected chi connectivity index (χ0v) is 8.99. The van der Waals surface area contributed by atoms with Crippen LogP contribution in [-0.2, 0) is 4.79 Å². The summed E-state index contributed by atoms with van der Waals surface area (Å²) >= 11 is 0. The van der Waals surface area contributed by atoms with Crippen LogP contribution >= 0.6 is 0 Å². The molecule has 3 N–H and O–H groups in total. The van der Waals surface area contributed by atoms with Crippen LogP contribution in [0.1, 0.15) is 33.1 Å². The largest absolute Gasteiger partial charge is 0.481 e. The summed E-state index contributed by atoms with van der Waals surface area (Å²) in [7, 11) is 0. The molecule has 0 aromatic rings. The number of aliphatic hydroxyl groups excluding tert-OH is 1. The van der Waals surface area contributed by atoms with E-state index < -0.39 is 12.1 Å². The van der Waals surface area contributed by atoms with Crippen molar-refractivity contribution in [1.29, 1.82) is 0 Å². The number of rotatable bonds is 8. The first-order valence-electron chi connectivity index (χ1n) is 5.13. The molecule has 0 aliphatic carbocycles. The van der Waals surface area contributed by atoms with Crippen molar-refractivity contribution in [2.75, 3.05) is 13.1 Å². The number of carboxylic acid groups (broad SMARTS) is 1. The molecule has 0 aliphatic heterocycles. The van der Waals surface area contributed by atoms with Gasteiger partial charge in [-0.1, -0.05) is 13.8 Å². The lowest BCUT2D eigenvalue weighted by Gasteiger charge is -2.11. The van der Waals surface area contributed by atoms with Gasteiger partial charge in [-0.25, -0.2) is 0 Å². The van der Waals surface area contributed by atoms with E-state index in [1.165, 1.54) is 0 Å². The average Bonchev–Trinajstić information content (AvgIpc) is 2.08. The first-order chi connectivity index (χ1) is 6.52. The van der Waals surface area contributed by atoms with Gasteiger partial charge in [0.1, 0.15) is 0 Å². The second-order valence-electron chi connectivity index (χ2n) is 3.97. The Balaban J connectivity index is 3.26. The molecule has 4 nitrogen and oxygen atoms in total. The van der Waals surface area contributed by atoms with Crippen molar-refractivity contribution in [3.05, 3.63) is 0 Å². The molecule has 1 atom stereocenters. The third kappa shape index (κ3) is 9.48. The molecule has 1 unspecified atom stereocenters. The third-order valence-corrected chi connectivity index (χ3v) is 1.97. The molecule has 0 aromatic carbocycles. The van der Waals surface area contributed by atoms with Gasteiger partial charge in [0.2, 0.25) is 0 Å². The molecule has 84 valence electrons. The molecule has 0 saturated heterocycles. The summed E-state index contributed by atoms with van der Waals surface area (Å²) in [6, 6.07) is 0. The van der Waals surface area contributed by atoms with Crippen molar-refractivity contribution in [3.63, 3.8) is 0 Å². The van der Waals surface area contributed by atoms with Crippen LogP contribution in [0, 0.1) is 5.92 Å². The normalized spacial score (nSPS) is 13.1. The predicted molar refractivity (Wildman–Crippen MR) is 55.2 cm³/mol. The van der Waals surface area contributed by atoms with E-state index in [9.17, 15) is 9.90 Å². The summed E-state index contributed by atoms with van der Waals surface area (Å²) in [6.07, 6.45) is 0.890. The highest BCUT2D eigenvalue weighted by molar-refractivity contribution is 5.66. The predicted octanol–water partition coefficient (Wildman–Crippen LogP) is 0.848. The van der Waals surface area contributed by atoms with Gasteiger partial charge in [-0.15, -0.1) is 0 Å². The van der Waals surface area contributed by atoms with Gasteiger partial charge in [-0.05, 0) is 25.3 Å². The number of aliphatic hydroxyl groups is 1. The third-order valence-electron chi connectivity index (χ3n) is 1.97. The first-order valence-corrected chi connectivity index (χ1v) is 5.13. The van der Waals surface area contributed by atoms with Crippen molar-refractivity contribution in [2.45, 2.75) is 39.2 Å². The lowest BCUT2D eigenvalue weighted by atomic mass is 10.1. The van der Waals surface area contributed by atoms with Crippen LogP contribution in [0.5, 0.6) is 0 Å². The van der Waals surface area contributed by atoms with Crippen molar-refractivity contribution in [2.24, 2.45) is 5.92 Å². The highest BCUT2D eigenvalue weighted by atomic mass is 16.4. The fourth-order valence-corrected chi connectivity index (χ4v) is 1.05. The Kier molecular flexibility index (Phi) is 7.42. The summed E-state index contributed by atoms with van der Waals surface area (Å²) in [4.78, 5) is 10.2. The van der Waals surface area contributed by atoms with Crippen molar-refractivity contribution < 1.29 is 15.0 Å². The van der Waals surface area contributed by atoms with Gasteiger partial charge in [0, 0.05) is 13.0 Å². The van der Waals surface area contributed by atoms with E-state index in [-0.39, 0.29) is 6.42 Å². The van der Waals surface area contributed by atoms with Gasteiger partial charge in [-0.2, -0.15) is 0 Å². The van der Waals surface area contributed by atoms with E-state index in [2.05, 4.69) is 19.2 Å². The second-order valence-corrected chi connectivity index (χ2v) is 3.97. The maximum absolute atomic E-state index is 10.2. The lowest BCUT2D eigenvalue weighted by molar-refractivity contribution is -0.137. The number of carboxylic acids is 1. The second kappa shape index (κ2) is 7.76. The zero-order chi connectivity index (χ0) is 11.0. The molecular weight excluding hydrogens is 182 g/mol. The Morgan fingerprint density at radius 3 is 2.50 bits per heavy atom. The van der Waals surface area contributed by atoms with Crippen LogP contribution in [0.4, 0.5) is 0 Å². The standard InChI is InChI=1S/C10H21NO3/c1-8(2)5-6-11-7-9(12)3-4-10(13)14/h8-9,11-12H,3-7H2,1-2H3,(H,13,14). The smallest absolute Gasteiger partial charge is 0.303 e. The highest BCUT2D eigenvalue weighted by Gasteiger charge is 2.06. The molecule has 0 aliphatic rings. The fourth-order valence-electron chi connectivity index (χ4n) is 1.05. The van der Waals surface area contributed by atoms with Crippen LogP contribution in [0.15, 0.2) is 0 Å². The zero-order valence-electron chi connectivity index (χ0n) is 8.99. The van der Waals surface area contributed by atoms with E-state index in [0.29, 0.717) is 18.9 Å². The number of hydrogen-bond donors (Lipinski definition) is 3. The summed E-state index contributed by atoms with van der Waals surface area (Å²) in [5.41, 5.74) is 0. The van der Waals surface area contributed by atoms with Gasteiger partial charge in [0.05, 0.1) is 6.10 Å². The molecule has 0 spiro atoms. The number of aliphatic carboxylic acids is 1. The fraction of sp³-hybridized carbons (Fsp3) is 0.900. The Morgan fingerprint density at radius 1 is 1.36 bits per heavy atom. The van der Waals surface area contributed by atoms with Crippen LogP contribution in [0.2, 0.25) is 0 Å². The Hall–Kier alpha value is -0.610. The molecule has 0 fully saturated rings. The topological polar surface area (TPSA) is 69.6 Å². The molecule has 4 heteroatoms. The number of nitrogens with one attached hydrogen (secondary N) is 1. The van der Waals surface area contributed by atoms with Crippen LogP contribution in [-0.4, -0.2) is 35.4 Å². The minimum atomic E-state index is -0.855. The van der Waals surface area contributed by atoms with Gasteiger partial charge in [0.15, 0.2) is 0 Å². The van der Waals surface area contributed by atoms with Crippen LogP contribution in [0.3, 0.4) is 0 Å². The van der Waals surface area contributed by atoms with E-state index in [1.807, 2.05) is 0 Å². The van der Waals surface area contributed by atoms with Crippen molar-refractivity contribution >= 4 is 5.97 Å². The molecule has 0 amide bonds. The quantitative estimate of drug-likeness (QED) is 0.511. The van der Waals surface area contributed by atoms with Crippen LogP contribution in [0.25, 0.3) is 0 Å². The lowest BCUT2D eigenvalue weighted by Crippen LogP contribution is -2.28. The van der Waals surface area contributed by atoms with E-state index in [4.69, 9.17) is 5.11 Å². The van der Waals surface area contributed by atoms with Gasteiger partial charge in [0.25, 0.3) is 0 Å². The maximum atomic E-state index is 10.2. The SMILES string of the molecule is CC(C)CCNCC(O)CCC(=O)O. The monoisotopic (exact) mass is 203 g/mol. The van der Waals surface area contributed by atoms with Crippen molar-refractivity contribution in [1.82, 2.24) is 5.32 Å². The molecule has 0 bridgehead atoms. The average molecular weight is 203 g/mol. The van der Waals surface area contributed by atoms with Gasteiger partial charge in [-0.3, -0.25) is 4.79 Å². The number of hydrogen-bond acceptors (Lipinski definition) is 3. The van der Waals surface area contributed by atoms with Gasteiger partial charge < -0.3 is 15.5 Å².